The molecule has 0 aliphatic carbocycles. The summed E-state index contributed by atoms with van der Waals surface area (Å²) in [6.07, 6.45) is 4.95. The van der Waals surface area contributed by atoms with Crippen LogP contribution >= 0.6 is 0 Å². The molecule has 2 aliphatic heterocycles. The van der Waals surface area contributed by atoms with E-state index in [0.29, 0.717) is 17.4 Å². The first-order chi connectivity index (χ1) is 11.4. The van der Waals surface area contributed by atoms with Gasteiger partial charge >= 0.3 is 0 Å². The van der Waals surface area contributed by atoms with Crippen LogP contribution in [0.15, 0.2) is 12.4 Å². The molecule has 6 nitrogen and oxygen atoms in total. The number of aryl methyl sites for hydroxylation is 1. The molecule has 2 atom stereocenters. The van der Waals surface area contributed by atoms with Gasteiger partial charge in [0, 0.05) is 50.7 Å². The minimum absolute atomic E-state index is 0.106. The molecule has 0 saturated carbocycles. The fourth-order valence-electron chi connectivity index (χ4n) is 4.11. The lowest BCUT2D eigenvalue weighted by atomic mass is 10.0. The molecule has 3 heterocycles. The van der Waals surface area contributed by atoms with Crippen LogP contribution < -0.4 is 0 Å². The Labute approximate surface area is 145 Å². The van der Waals surface area contributed by atoms with Crippen molar-refractivity contribution < 1.29 is 8.42 Å². The topological polar surface area (TPSA) is 58.4 Å². The normalized spacial score (nSPS) is 27.7. The highest BCUT2D eigenvalue weighted by Gasteiger charge is 2.46. The minimum atomic E-state index is -2.94. The van der Waals surface area contributed by atoms with E-state index in [4.69, 9.17) is 0 Å². The summed E-state index contributed by atoms with van der Waals surface area (Å²) >= 11 is 0. The van der Waals surface area contributed by atoms with Crippen molar-refractivity contribution in [1.29, 1.82) is 0 Å². The van der Waals surface area contributed by atoms with Crippen LogP contribution in [-0.4, -0.2) is 71.0 Å². The summed E-state index contributed by atoms with van der Waals surface area (Å²) in [4.78, 5) is 9.25. The fraction of sp³-hybridized carbons (Fsp3) is 0.824. The van der Waals surface area contributed by atoms with E-state index in [-0.39, 0.29) is 12.1 Å². The Morgan fingerprint density at radius 2 is 1.88 bits per heavy atom. The van der Waals surface area contributed by atoms with Crippen molar-refractivity contribution in [2.24, 2.45) is 5.92 Å². The van der Waals surface area contributed by atoms with Crippen LogP contribution in [0.5, 0.6) is 0 Å². The third-order valence-electron chi connectivity index (χ3n) is 5.12. The van der Waals surface area contributed by atoms with Gasteiger partial charge in [0.15, 0.2) is 9.84 Å². The lowest BCUT2D eigenvalue weighted by Crippen LogP contribution is -2.59. The third kappa shape index (κ3) is 3.83. The first-order valence-corrected chi connectivity index (χ1v) is 10.9. The zero-order chi connectivity index (χ0) is 17.3. The highest BCUT2D eigenvalue weighted by molar-refractivity contribution is 7.91. The number of rotatable bonds is 6. The monoisotopic (exact) mass is 354 g/mol. The van der Waals surface area contributed by atoms with Gasteiger partial charge in [-0.25, -0.2) is 13.4 Å². The van der Waals surface area contributed by atoms with Gasteiger partial charge in [-0.05, 0) is 12.3 Å². The Hall–Kier alpha value is -0.920. The molecule has 0 radical (unpaired) electrons. The van der Waals surface area contributed by atoms with E-state index in [0.717, 1.165) is 45.0 Å². The van der Waals surface area contributed by atoms with Crippen molar-refractivity contribution in [3.8, 4) is 0 Å². The van der Waals surface area contributed by atoms with E-state index < -0.39 is 9.84 Å². The van der Waals surface area contributed by atoms with Crippen LogP contribution in [0.1, 0.15) is 33.0 Å². The Bertz CT molecular complexity index is 655. The Balaban J connectivity index is 1.77. The minimum Gasteiger partial charge on any atom is -0.334 e. The highest BCUT2D eigenvalue weighted by atomic mass is 32.2. The first kappa shape index (κ1) is 17.9. The van der Waals surface area contributed by atoms with Crippen LogP contribution in [-0.2, 0) is 22.9 Å². The molecule has 2 aliphatic rings. The van der Waals surface area contributed by atoms with E-state index in [1.54, 1.807) is 0 Å². The van der Waals surface area contributed by atoms with Crippen molar-refractivity contribution in [3.63, 3.8) is 0 Å². The molecule has 0 N–H and O–H groups in total. The Kier molecular flexibility index (Phi) is 5.32. The van der Waals surface area contributed by atoms with Gasteiger partial charge in [-0.1, -0.05) is 20.8 Å². The molecule has 7 heteroatoms. The molecule has 0 bridgehead atoms. The Morgan fingerprint density at radius 1 is 1.21 bits per heavy atom. The van der Waals surface area contributed by atoms with Gasteiger partial charge in [0.2, 0.25) is 0 Å². The number of nitrogens with zero attached hydrogens (tertiary/aromatic N) is 4. The van der Waals surface area contributed by atoms with E-state index in [9.17, 15) is 8.42 Å². The lowest BCUT2D eigenvalue weighted by Gasteiger charge is -2.44. The Morgan fingerprint density at radius 3 is 2.54 bits per heavy atom. The molecule has 0 aromatic carbocycles. The van der Waals surface area contributed by atoms with Crippen LogP contribution in [0, 0.1) is 5.92 Å². The van der Waals surface area contributed by atoms with Crippen LogP contribution in [0.2, 0.25) is 0 Å². The molecule has 1 aromatic rings. The maximum atomic E-state index is 12.3. The average molecular weight is 355 g/mol. The maximum absolute atomic E-state index is 12.3. The van der Waals surface area contributed by atoms with Crippen LogP contribution in [0.3, 0.4) is 0 Å². The number of hydrogen-bond donors (Lipinski definition) is 0. The maximum Gasteiger partial charge on any atom is 0.153 e. The second-order valence-corrected chi connectivity index (χ2v) is 9.76. The SMILES string of the molecule is CCCn1ccnc1CN1CCN(CC(C)C)[C@@H]2CS(=O)(=O)C[C@@H]21. The van der Waals surface area contributed by atoms with Crippen molar-refractivity contribution in [1.82, 2.24) is 19.4 Å². The van der Waals surface area contributed by atoms with E-state index >= 15 is 0 Å². The smallest absolute Gasteiger partial charge is 0.153 e. The quantitative estimate of drug-likeness (QED) is 0.769. The average Bonchev–Trinajstić information content (AvgIpc) is 3.05. The van der Waals surface area contributed by atoms with Crippen molar-refractivity contribution in [2.75, 3.05) is 31.1 Å². The molecular formula is C17H30N4O2S. The van der Waals surface area contributed by atoms with Gasteiger partial charge in [0.25, 0.3) is 0 Å². The molecule has 2 fully saturated rings. The zero-order valence-corrected chi connectivity index (χ0v) is 15.9. The number of piperazine rings is 1. The molecule has 1 aromatic heterocycles. The summed E-state index contributed by atoms with van der Waals surface area (Å²) in [5.74, 6) is 2.21. The van der Waals surface area contributed by atoms with Gasteiger partial charge in [0.05, 0.1) is 18.1 Å². The summed E-state index contributed by atoms with van der Waals surface area (Å²) in [6.45, 7) is 11.1. The summed E-state index contributed by atoms with van der Waals surface area (Å²) in [5.41, 5.74) is 0. The number of imidazole rings is 1. The van der Waals surface area contributed by atoms with E-state index in [1.165, 1.54) is 0 Å². The van der Waals surface area contributed by atoms with Crippen molar-refractivity contribution in [2.45, 2.75) is 52.4 Å². The first-order valence-electron chi connectivity index (χ1n) is 9.08. The fourth-order valence-corrected chi connectivity index (χ4v) is 6.15. The molecule has 0 spiro atoms. The molecule has 0 amide bonds. The molecule has 2 saturated heterocycles. The molecule has 0 unspecified atom stereocenters. The molecule has 24 heavy (non-hydrogen) atoms. The highest BCUT2D eigenvalue weighted by Crippen LogP contribution is 2.28. The third-order valence-corrected chi connectivity index (χ3v) is 6.82. The van der Waals surface area contributed by atoms with E-state index in [2.05, 4.69) is 40.1 Å². The predicted octanol–water partition coefficient (Wildman–Crippen LogP) is 1.23. The standard InChI is InChI=1S/C17H30N4O2S/c1-4-6-19-7-5-18-17(19)11-21-9-8-20(10-14(2)3)15-12-24(22,23)13-16(15)21/h5,7,14-16H,4,6,8-13H2,1-3H3/t15-,16+/m1/s1. The number of fused-ring (bicyclic) bond motifs is 1. The zero-order valence-electron chi connectivity index (χ0n) is 15.1. The predicted molar refractivity (Wildman–Crippen MR) is 95.6 cm³/mol. The number of hydrogen-bond acceptors (Lipinski definition) is 5. The largest absolute Gasteiger partial charge is 0.334 e. The summed E-state index contributed by atoms with van der Waals surface area (Å²) in [6, 6.07) is 0.245. The summed E-state index contributed by atoms with van der Waals surface area (Å²) < 4.78 is 26.7. The number of sulfone groups is 1. The lowest BCUT2D eigenvalue weighted by molar-refractivity contribution is 0.0317. The van der Waals surface area contributed by atoms with Crippen LogP contribution in [0.4, 0.5) is 0 Å². The van der Waals surface area contributed by atoms with Gasteiger partial charge in [-0.3, -0.25) is 9.80 Å². The van der Waals surface area contributed by atoms with E-state index in [1.807, 2.05) is 12.4 Å². The van der Waals surface area contributed by atoms with Crippen molar-refractivity contribution >= 4 is 9.84 Å². The summed E-state index contributed by atoms with van der Waals surface area (Å²) in [5, 5.41) is 0. The van der Waals surface area contributed by atoms with Gasteiger partial charge in [-0.15, -0.1) is 0 Å². The number of aromatic nitrogens is 2. The van der Waals surface area contributed by atoms with Gasteiger partial charge in [0.1, 0.15) is 5.82 Å². The summed E-state index contributed by atoms with van der Waals surface area (Å²) in [7, 11) is -2.94. The van der Waals surface area contributed by atoms with Crippen molar-refractivity contribution in [3.05, 3.63) is 18.2 Å². The molecule has 3 rings (SSSR count). The molecular weight excluding hydrogens is 324 g/mol. The van der Waals surface area contributed by atoms with Gasteiger partial charge in [-0.2, -0.15) is 0 Å². The molecule has 136 valence electrons. The second-order valence-electron chi connectivity index (χ2n) is 7.61. The van der Waals surface area contributed by atoms with Crippen LogP contribution in [0.25, 0.3) is 0 Å². The van der Waals surface area contributed by atoms with Gasteiger partial charge < -0.3 is 4.57 Å². The second kappa shape index (κ2) is 7.14.